The van der Waals surface area contributed by atoms with Crippen molar-refractivity contribution < 1.29 is 20.9 Å². The molecule has 133 valence electrons. The van der Waals surface area contributed by atoms with E-state index < -0.39 is 0 Å². The zero-order chi connectivity index (χ0) is 16.1. The Morgan fingerprint density at radius 3 is 1.82 bits per heavy atom. The van der Waals surface area contributed by atoms with Crippen molar-refractivity contribution in [3.05, 3.63) is 20.3 Å². The quantitative estimate of drug-likeness (QED) is 0.357. The molecule has 0 aliphatic heterocycles. The predicted octanol–water partition coefficient (Wildman–Crippen LogP) is 7.16. The van der Waals surface area contributed by atoms with Gasteiger partial charge < -0.3 is 20.3 Å². The van der Waals surface area contributed by atoms with E-state index in [1.807, 2.05) is 0 Å². The molecular formula is C20H40NTa-3. The van der Waals surface area contributed by atoms with Crippen LogP contribution in [0.4, 0.5) is 0 Å². The Balaban J connectivity index is 0. The largest absolute Gasteiger partial charge is 0.358 e. The summed E-state index contributed by atoms with van der Waals surface area (Å²) in [5, 5.41) is 0. The first-order valence-electron chi connectivity index (χ1n) is 8.92. The SMILES string of the molecule is CC(C)(C)[N]=[Ta].CCC1[CH-]C(C)CCC1.[CH-]1CCCCC1.[CH3-]. The van der Waals surface area contributed by atoms with Crippen LogP contribution in [0, 0.1) is 32.1 Å². The predicted molar refractivity (Wildman–Crippen MR) is 97.1 cm³/mol. The summed E-state index contributed by atoms with van der Waals surface area (Å²) in [6.45, 7) is 10.9. The standard InChI is InChI=1S/C9H17.C6H11.C4H9N.CH3.Ta/c1-3-9-6-4-5-8(2)7-9;1-2-4-6-5-3-1;1-4(2,3)5;;/h7-9H,3-6H2,1-2H3;1H,2-6H2;1-3H3;1H3;/q2*-1;;-1;. The van der Waals surface area contributed by atoms with Crippen LogP contribution in [0.2, 0.25) is 0 Å². The number of nitrogens with zero attached hydrogens (tertiary/aromatic N) is 1. The molecule has 2 rings (SSSR count). The third-order valence-electron chi connectivity index (χ3n) is 3.98. The molecule has 0 bridgehead atoms. The molecule has 2 atom stereocenters. The van der Waals surface area contributed by atoms with E-state index in [9.17, 15) is 0 Å². The Morgan fingerprint density at radius 1 is 1.05 bits per heavy atom. The number of rotatable bonds is 1. The first-order valence-corrected chi connectivity index (χ1v) is 10.4. The molecule has 1 nitrogen and oxygen atoms in total. The third-order valence-corrected chi connectivity index (χ3v) is 6.13. The van der Waals surface area contributed by atoms with E-state index in [4.69, 9.17) is 0 Å². The second-order valence-corrected chi connectivity index (χ2v) is 8.19. The van der Waals surface area contributed by atoms with Crippen LogP contribution in [-0.4, -0.2) is 5.54 Å². The molecule has 0 saturated heterocycles. The van der Waals surface area contributed by atoms with Gasteiger partial charge in [0, 0.05) is 0 Å². The molecule has 0 amide bonds. The van der Waals surface area contributed by atoms with Crippen molar-refractivity contribution in [2.75, 3.05) is 0 Å². The average Bonchev–Trinajstić information content (AvgIpc) is 2.49. The molecule has 0 radical (unpaired) electrons. The Morgan fingerprint density at radius 2 is 1.59 bits per heavy atom. The minimum Gasteiger partial charge on any atom is -0.358 e. The molecule has 2 saturated carbocycles. The van der Waals surface area contributed by atoms with Gasteiger partial charge in [-0.25, -0.2) is 0 Å². The van der Waals surface area contributed by atoms with Gasteiger partial charge in [-0.05, 0) is 0 Å². The van der Waals surface area contributed by atoms with Crippen molar-refractivity contribution >= 4 is 0 Å². The molecule has 2 aliphatic carbocycles. The molecule has 0 aromatic heterocycles. The summed E-state index contributed by atoms with van der Waals surface area (Å²) in [6.07, 6.45) is 17.7. The van der Waals surface area contributed by atoms with Crippen LogP contribution in [0.1, 0.15) is 92.4 Å². The number of hydrogen-bond acceptors (Lipinski definition) is 1. The van der Waals surface area contributed by atoms with Gasteiger partial charge in [0.15, 0.2) is 0 Å². The van der Waals surface area contributed by atoms with Crippen molar-refractivity contribution in [2.45, 2.75) is 97.9 Å². The van der Waals surface area contributed by atoms with E-state index in [2.05, 4.69) is 50.8 Å². The van der Waals surface area contributed by atoms with Crippen molar-refractivity contribution in [1.82, 2.24) is 0 Å². The molecule has 2 aliphatic rings. The van der Waals surface area contributed by atoms with Gasteiger partial charge in [-0.1, -0.05) is 58.8 Å². The van der Waals surface area contributed by atoms with E-state index in [0.717, 1.165) is 32.7 Å². The summed E-state index contributed by atoms with van der Waals surface area (Å²) in [4.78, 5) is 0. The maximum absolute atomic E-state index is 4.13. The van der Waals surface area contributed by atoms with Gasteiger partial charge in [0.05, 0.1) is 0 Å². The summed E-state index contributed by atoms with van der Waals surface area (Å²) in [5.74, 6) is 1.83. The zero-order valence-electron chi connectivity index (χ0n) is 16.1. The van der Waals surface area contributed by atoms with Gasteiger partial charge in [-0.15, -0.1) is 0 Å². The number of hydrogen-bond donors (Lipinski definition) is 0. The molecule has 2 heteroatoms. The van der Waals surface area contributed by atoms with E-state index >= 15 is 0 Å². The summed E-state index contributed by atoms with van der Waals surface area (Å²) < 4.78 is 4.13. The zero-order valence-corrected chi connectivity index (χ0v) is 19.3. The molecule has 0 N–H and O–H groups in total. The Hall–Kier alpha value is 0.540. The van der Waals surface area contributed by atoms with E-state index in [0.29, 0.717) is 0 Å². The summed E-state index contributed by atoms with van der Waals surface area (Å²) in [6, 6.07) is 0. The van der Waals surface area contributed by atoms with Crippen molar-refractivity contribution in [1.29, 1.82) is 0 Å². The summed E-state index contributed by atoms with van der Waals surface area (Å²) in [5.41, 5.74) is 0.216. The smallest absolute Gasteiger partial charge is 0.0577 e. The van der Waals surface area contributed by atoms with Crippen molar-refractivity contribution in [3.8, 4) is 0 Å². The van der Waals surface area contributed by atoms with Crippen molar-refractivity contribution in [2.24, 2.45) is 15.2 Å². The van der Waals surface area contributed by atoms with Gasteiger partial charge in [-0.3, -0.25) is 0 Å². The molecule has 2 fully saturated rings. The van der Waals surface area contributed by atoms with Crippen LogP contribution in [-0.2, 0) is 20.9 Å². The fourth-order valence-corrected chi connectivity index (χ4v) is 2.60. The molecule has 0 aromatic carbocycles. The normalized spacial score (nSPS) is 24.5. The summed E-state index contributed by atoms with van der Waals surface area (Å²) in [7, 11) is 0. The average molecular weight is 475 g/mol. The van der Waals surface area contributed by atoms with Gasteiger partial charge in [-0.2, -0.15) is 24.7 Å². The van der Waals surface area contributed by atoms with Crippen LogP contribution < -0.4 is 0 Å². The molecule has 0 aromatic rings. The maximum atomic E-state index is 4.13. The maximum Gasteiger partial charge on any atom is -0.0577 e. The molecular weight excluding hydrogens is 435 g/mol. The van der Waals surface area contributed by atoms with Gasteiger partial charge in [0.1, 0.15) is 0 Å². The second kappa shape index (κ2) is 15.1. The molecule has 0 spiro atoms. The summed E-state index contributed by atoms with van der Waals surface area (Å²) >= 11 is 1.15. The fourth-order valence-electron chi connectivity index (χ4n) is 2.60. The second-order valence-electron chi connectivity index (χ2n) is 7.47. The topological polar surface area (TPSA) is 12.4 Å². The van der Waals surface area contributed by atoms with Crippen LogP contribution in [0.15, 0.2) is 3.34 Å². The van der Waals surface area contributed by atoms with Crippen LogP contribution in [0.25, 0.3) is 0 Å². The van der Waals surface area contributed by atoms with E-state index in [1.54, 1.807) is 0 Å². The van der Waals surface area contributed by atoms with Crippen LogP contribution >= 0.6 is 0 Å². The fraction of sp³-hybridized carbons (Fsp3) is 0.850. The van der Waals surface area contributed by atoms with Crippen LogP contribution in [0.3, 0.4) is 0 Å². The van der Waals surface area contributed by atoms with Crippen molar-refractivity contribution in [3.63, 3.8) is 0 Å². The first-order chi connectivity index (χ1) is 9.89. The minimum absolute atomic E-state index is 0. The minimum atomic E-state index is 0. The Kier molecular flexibility index (Phi) is 17.0. The van der Waals surface area contributed by atoms with Gasteiger partial charge in [0.25, 0.3) is 0 Å². The Bertz CT molecular complexity index is 229. The molecule has 22 heavy (non-hydrogen) atoms. The van der Waals surface area contributed by atoms with Gasteiger partial charge in [0.2, 0.25) is 0 Å². The van der Waals surface area contributed by atoms with E-state index in [-0.39, 0.29) is 13.0 Å². The monoisotopic (exact) mass is 475 g/mol. The Labute approximate surface area is 154 Å². The third kappa shape index (κ3) is 16.9. The van der Waals surface area contributed by atoms with Gasteiger partial charge >= 0.3 is 50.5 Å². The first kappa shape index (κ1) is 24.8. The van der Waals surface area contributed by atoms with Crippen LogP contribution in [0.5, 0.6) is 0 Å². The van der Waals surface area contributed by atoms with E-state index in [1.165, 1.54) is 57.8 Å². The molecule has 0 heterocycles. The molecule has 2 unspecified atom stereocenters.